The Bertz CT molecular complexity index is 722. The molecule has 2 aliphatic rings. The van der Waals surface area contributed by atoms with Gasteiger partial charge in [0, 0.05) is 43.4 Å². The molecule has 1 atom stereocenters. The minimum atomic E-state index is -1.26. The number of benzene rings is 1. The molecule has 1 saturated heterocycles. The molecule has 2 fully saturated rings. The number of para-hydroxylation sites is 1. The first-order valence-electron chi connectivity index (χ1n) is 11.7. The van der Waals surface area contributed by atoms with Crippen LogP contribution in [0.3, 0.4) is 0 Å². The van der Waals surface area contributed by atoms with Crippen molar-refractivity contribution >= 4 is 11.9 Å². The van der Waals surface area contributed by atoms with Gasteiger partial charge in [-0.1, -0.05) is 37.5 Å². The topological polar surface area (TPSA) is 99.1 Å². The van der Waals surface area contributed by atoms with Gasteiger partial charge in [-0.25, -0.2) is 9.59 Å². The quantitative estimate of drug-likeness (QED) is 0.494. The van der Waals surface area contributed by atoms with Crippen LogP contribution >= 0.6 is 0 Å². The zero-order valence-electron chi connectivity index (χ0n) is 19.3. The third-order valence-corrected chi connectivity index (χ3v) is 5.85. The van der Waals surface area contributed by atoms with Gasteiger partial charge in [0.1, 0.15) is 5.75 Å². The lowest BCUT2D eigenvalue weighted by molar-refractivity contribution is -0.134. The SMILES string of the molecule is CC(C)Oc1ccccc1CN(CC1CCCCC1)[C@H]1CCNC1.O=C(O)C=CC(=O)O. The van der Waals surface area contributed by atoms with Crippen molar-refractivity contribution in [1.82, 2.24) is 10.2 Å². The number of ether oxygens (including phenoxy) is 1. The summed E-state index contributed by atoms with van der Waals surface area (Å²) >= 11 is 0. The van der Waals surface area contributed by atoms with Gasteiger partial charge >= 0.3 is 11.9 Å². The third-order valence-electron chi connectivity index (χ3n) is 5.85. The van der Waals surface area contributed by atoms with Crippen molar-refractivity contribution in [3.05, 3.63) is 42.0 Å². The molecule has 7 nitrogen and oxygen atoms in total. The maximum Gasteiger partial charge on any atom is 0.328 e. The molecule has 7 heteroatoms. The van der Waals surface area contributed by atoms with Crippen molar-refractivity contribution in [2.75, 3.05) is 19.6 Å². The van der Waals surface area contributed by atoms with E-state index in [2.05, 4.69) is 48.3 Å². The Morgan fingerprint density at radius 3 is 2.31 bits per heavy atom. The average Bonchev–Trinajstić information content (AvgIpc) is 3.29. The van der Waals surface area contributed by atoms with Gasteiger partial charge in [0.25, 0.3) is 0 Å². The van der Waals surface area contributed by atoms with Crippen LogP contribution in [0.25, 0.3) is 0 Å². The normalized spacial score (nSPS) is 19.2. The summed E-state index contributed by atoms with van der Waals surface area (Å²) in [5.74, 6) is -0.565. The molecular formula is C25H38N2O5. The number of hydrogen-bond acceptors (Lipinski definition) is 5. The number of rotatable bonds is 9. The molecule has 1 saturated carbocycles. The fourth-order valence-electron chi connectivity index (χ4n) is 4.36. The summed E-state index contributed by atoms with van der Waals surface area (Å²) in [5, 5.41) is 19.2. The molecule has 1 aromatic carbocycles. The number of carboxylic acids is 2. The molecule has 0 aromatic heterocycles. The summed E-state index contributed by atoms with van der Waals surface area (Å²) in [6.07, 6.45) is 9.74. The van der Waals surface area contributed by atoms with Crippen LogP contribution in [0.15, 0.2) is 36.4 Å². The summed E-state index contributed by atoms with van der Waals surface area (Å²) in [6.45, 7) is 8.79. The second-order valence-corrected chi connectivity index (χ2v) is 8.86. The maximum absolute atomic E-state index is 9.55. The Balaban J connectivity index is 0.000000390. The minimum Gasteiger partial charge on any atom is -0.491 e. The Morgan fingerprint density at radius 1 is 1.09 bits per heavy atom. The fourth-order valence-corrected chi connectivity index (χ4v) is 4.36. The number of aliphatic carboxylic acids is 2. The molecule has 3 N–H and O–H groups in total. The summed E-state index contributed by atoms with van der Waals surface area (Å²) in [7, 11) is 0. The monoisotopic (exact) mass is 446 g/mol. The van der Waals surface area contributed by atoms with Crippen molar-refractivity contribution in [1.29, 1.82) is 0 Å². The Kier molecular flexibility index (Phi) is 11.2. The van der Waals surface area contributed by atoms with Crippen LogP contribution in [0.1, 0.15) is 57.9 Å². The van der Waals surface area contributed by atoms with E-state index in [9.17, 15) is 9.59 Å². The molecule has 1 aromatic rings. The van der Waals surface area contributed by atoms with E-state index in [0.717, 1.165) is 31.3 Å². The molecule has 1 aliphatic carbocycles. The van der Waals surface area contributed by atoms with E-state index in [1.807, 2.05) is 0 Å². The fraction of sp³-hybridized carbons (Fsp3) is 0.600. The third kappa shape index (κ3) is 9.83. The van der Waals surface area contributed by atoms with Crippen LogP contribution < -0.4 is 10.1 Å². The van der Waals surface area contributed by atoms with E-state index in [0.29, 0.717) is 18.2 Å². The summed E-state index contributed by atoms with van der Waals surface area (Å²) in [4.78, 5) is 21.8. The Morgan fingerprint density at radius 2 is 1.75 bits per heavy atom. The molecule has 0 amide bonds. The van der Waals surface area contributed by atoms with Crippen molar-refractivity contribution in [2.24, 2.45) is 5.92 Å². The van der Waals surface area contributed by atoms with E-state index >= 15 is 0 Å². The average molecular weight is 447 g/mol. The summed E-state index contributed by atoms with van der Waals surface area (Å²) in [5.41, 5.74) is 1.34. The molecule has 32 heavy (non-hydrogen) atoms. The van der Waals surface area contributed by atoms with Crippen LogP contribution in [0.5, 0.6) is 5.75 Å². The minimum absolute atomic E-state index is 0.228. The predicted octanol–water partition coefficient (Wildman–Crippen LogP) is 3.93. The highest BCUT2D eigenvalue weighted by Crippen LogP contribution is 2.28. The number of carbonyl (C=O) groups is 2. The van der Waals surface area contributed by atoms with Crippen molar-refractivity contribution < 1.29 is 24.5 Å². The molecule has 0 unspecified atom stereocenters. The van der Waals surface area contributed by atoms with Crippen molar-refractivity contribution in [2.45, 2.75) is 71.1 Å². The van der Waals surface area contributed by atoms with E-state index < -0.39 is 11.9 Å². The molecule has 1 aliphatic heterocycles. The zero-order chi connectivity index (χ0) is 23.3. The standard InChI is InChI=1S/C21H34N2O.C4H4O4/c1-17(2)24-21-11-7-6-10-19(21)16-23(20-12-13-22-14-20)15-18-8-4-3-5-9-18;5-3(6)1-2-4(7)8/h6-7,10-11,17-18,20,22H,3-5,8-9,12-16H2,1-2H3;1-2H,(H,5,6)(H,7,8)/t20-;/m0./s1. The molecule has 0 bridgehead atoms. The Labute approximate surface area is 191 Å². The molecule has 0 spiro atoms. The number of carboxylic acid groups (broad SMARTS) is 2. The first-order valence-corrected chi connectivity index (χ1v) is 11.7. The summed E-state index contributed by atoms with van der Waals surface area (Å²) in [6, 6.07) is 9.28. The van der Waals surface area contributed by atoms with Gasteiger partial charge in [0.2, 0.25) is 0 Å². The highest BCUT2D eigenvalue weighted by atomic mass is 16.5. The van der Waals surface area contributed by atoms with E-state index in [4.69, 9.17) is 14.9 Å². The van der Waals surface area contributed by atoms with E-state index in [-0.39, 0.29) is 6.10 Å². The first-order chi connectivity index (χ1) is 15.3. The lowest BCUT2D eigenvalue weighted by Gasteiger charge is -2.34. The van der Waals surface area contributed by atoms with Crippen molar-refractivity contribution in [3.63, 3.8) is 0 Å². The molecule has 3 rings (SSSR count). The second kappa shape index (κ2) is 13.9. The van der Waals surface area contributed by atoms with Gasteiger partial charge in [0.15, 0.2) is 0 Å². The maximum atomic E-state index is 9.55. The zero-order valence-corrected chi connectivity index (χ0v) is 19.3. The lowest BCUT2D eigenvalue weighted by Crippen LogP contribution is -2.40. The Hall–Kier alpha value is -2.38. The van der Waals surface area contributed by atoms with Crippen LogP contribution in [0.2, 0.25) is 0 Å². The largest absolute Gasteiger partial charge is 0.491 e. The van der Waals surface area contributed by atoms with Crippen LogP contribution in [0, 0.1) is 5.92 Å². The molecule has 1 heterocycles. The number of nitrogens with zero attached hydrogens (tertiary/aromatic N) is 1. The van der Waals surface area contributed by atoms with Gasteiger partial charge in [-0.05, 0) is 51.6 Å². The van der Waals surface area contributed by atoms with Crippen LogP contribution in [-0.2, 0) is 16.1 Å². The predicted molar refractivity (Wildman–Crippen MR) is 125 cm³/mol. The van der Waals surface area contributed by atoms with Gasteiger partial charge in [-0.3, -0.25) is 4.90 Å². The van der Waals surface area contributed by atoms with Crippen molar-refractivity contribution in [3.8, 4) is 5.75 Å². The van der Waals surface area contributed by atoms with Crippen LogP contribution in [-0.4, -0.2) is 58.8 Å². The van der Waals surface area contributed by atoms with E-state index in [1.165, 1.54) is 50.6 Å². The molecular weight excluding hydrogens is 408 g/mol. The summed E-state index contributed by atoms with van der Waals surface area (Å²) < 4.78 is 6.06. The van der Waals surface area contributed by atoms with Gasteiger partial charge in [0.05, 0.1) is 6.10 Å². The van der Waals surface area contributed by atoms with E-state index in [1.54, 1.807) is 0 Å². The van der Waals surface area contributed by atoms with Gasteiger partial charge in [-0.15, -0.1) is 0 Å². The number of hydrogen-bond donors (Lipinski definition) is 3. The van der Waals surface area contributed by atoms with Gasteiger partial charge in [-0.2, -0.15) is 0 Å². The smallest absolute Gasteiger partial charge is 0.328 e. The molecule has 178 valence electrons. The number of nitrogens with one attached hydrogen (secondary N) is 1. The highest BCUT2D eigenvalue weighted by molar-refractivity contribution is 5.89. The molecule has 0 radical (unpaired) electrons. The van der Waals surface area contributed by atoms with Crippen LogP contribution in [0.4, 0.5) is 0 Å². The first kappa shape index (κ1) is 25.9. The lowest BCUT2D eigenvalue weighted by atomic mass is 9.88. The second-order valence-electron chi connectivity index (χ2n) is 8.86. The highest BCUT2D eigenvalue weighted by Gasteiger charge is 2.26. The van der Waals surface area contributed by atoms with Gasteiger partial charge < -0.3 is 20.3 Å².